The second kappa shape index (κ2) is 7.95. The molecule has 2 rings (SSSR count). The average molecular weight is 288 g/mol. The number of hydrogen-bond donors (Lipinski definition) is 1. The van der Waals surface area contributed by atoms with Crippen molar-refractivity contribution in [3.8, 4) is 0 Å². The monoisotopic (exact) mass is 288 g/mol. The van der Waals surface area contributed by atoms with Gasteiger partial charge in [-0.3, -0.25) is 4.90 Å². The smallest absolute Gasteiger partial charge is 0.0236 e. The average Bonchev–Trinajstić information content (AvgIpc) is 3.23. The van der Waals surface area contributed by atoms with Gasteiger partial charge in [0.15, 0.2) is 0 Å². The Morgan fingerprint density at radius 3 is 2.19 bits per heavy atom. The van der Waals surface area contributed by atoms with Crippen molar-refractivity contribution in [2.75, 3.05) is 13.1 Å². The largest absolute Gasteiger partial charge is 0.314 e. The molecular formula is C19H32N2. The standard InChI is InChI=1S/C19H32N2/c1-15(2)13-21(19-9-10-19)14-18-7-5-17(6-8-18)11-12-20-16(3)4/h5-8,15-16,19-20H,9-14H2,1-4H3. The molecule has 118 valence electrons. The quantitative estimate of drug-likeness (QED) is 0.742. The summed E-state index contributed by atoms with van der Waals surface area (Å²) in [6.45, 7) is 12.5. The summed E-state index contributed by atoms with van der Waals surface area (Å²) in [6, 6.07) is 10.7. The summed E-state index contributed by atoms with van der Waals surface area (Å²) >= 11 is 0. The zero-order valence-corrected chi connectivity index (χ0v) is 14.2. The molecule has 1 aromatic rings. The first kappa shape index (κ1) is 16.5. The zero-order chi connectivity index (χ0) is 15.2. The summed E-state index contributed by atoms with van der Waals surface area (Å²) in [6.07, 6.45) is 3.91. The number of nitrogens with one attached hydrogen (secondary N) is 1. The van der Waals surface area contributed by atoms with Gasteiger partial charge in [0.25, 0.3) is 0 Å². The van der Waals surface area contributed by atoms with Gasteiger partial charge in [-0.2, -0.15) is 0 Å². The van der Waals surface area contributed by atoms with Gasteiger partial charge in [-0.25, -0.2) is 0 Å². The van der Waals surface area contributed by atoms with Gasteiger partial charge < -0.3 is 5.32 Å². The van der Waals surface area contributed by atoms with Crippen molar-refractivity contribution in [3.05, 3.63) is 35.4 Å². The second-order valence-electron chi connectivity index (χ2n) is 7.23. The lowest BCUT2D eigenvalue weighted by Crippen LogP contribution is -2.29. The van der Waals surface area contributed by atoms with Gasteiger partial charge in [-0.15, -0.1) is 0 Å². The van der Waals surface area contributed by atoms with E-state index >= 15 is 0 Å². The van der Waals surface area contributed by atoms with Crippen LogP contribution in [0.25, 0.3) is 0 Å². The van der Waals surface area contributed by atoms with Gasteiger partial charge >= 0.3 is 0 Å². The Bertz CT molecular complexity index is 404. The fourth-order valence-electron chi connectivity index (χ4n) is 2.80. The molecule has 0 radical (unpaired) electrons. The van der Waals surface area contributed by atoms with Gasteiger partial charge in [0.2, 0.25) is 0 Å². The molecule has 0 bridgehead atoms. The second-order valence-corrected chi connectivity index (χ2v) is 7.23. The molecule has 0 saturated heterocycles. The third-order valence-electron chi connectivity index (χ3n) is 4.04. The molecule has 0 aromatic heterocycles. The van der Waals surface area contributed by atoms with E-state index in [4.69, 9.17) is 0 Å². The van der Waals surface area contributed by atoms with E-state index in [0.717, 1.165) is 31.5 Å². The molecule has 1 saturated carbocycles. The van der Waals surface area contributed by atoms with Crippen LogP contribution in [0.1, 0.15) is 51.7 Å². The fourth-order valence-corrected chi connectivity index (χ4v) is 2.80. The molecule has 21 heavy (non-hydrogen) atoms. The van der Waals surface area contributed by atoms with Gasteiger partial charge in [0.1, 0.15) is 0 Å². The van der Waals surface area contributed by atoms with Crippen molar-refractivity contribution >= 4 is 0 Å². The van der Waals surface area contributed by atoms with E-state index in [1.807, 2.05) is 0 Å². The normalized spacial score (nSPS) is 15.4. The summed E-state index contributed by atoms with van der Waals surface area (Å²) in [7, 11) is 0. The molecular weight excluding hydrogens is 256 g/mol. The molecule has 0 spiro atoms. The minimum atomic E-state index is 0.576. The zero-order valence-electron chi connectivity index (χ0n) is 14.2. The third kappa shape index (κ3) is 6.19. The van der Waals surface area contributed by atoms with Gasteiger partial charge in [0, 0.05) is 25.2 Å². The third-order valence-corrected chi connectivity index (χ3v) is 4.04. The van der Waals surface area contributed by atoms with Crippen LogP contribution in [0.5, 0.6) is 0 Å². The first-order chi connectivity index (χ1) is 10.0. The van der Waals surface area contributed by atoms with Crippen molar-refractivity contribution in [1.82, 2.24) is 10.2 Å². The molecule has 0 aliphatic heterocycles. The summed E-state index contributed by atoms with van der Waals surface area (Å²) in [5, 5.41) is 3.48. The van der Waals surface area contributed by atoms with Gasteiger partial charge in [-0.1, -0.05) is 52.0 Å². The maximum Gasteiger partial charge on any atom is 0.0236 e. The molecule has 1 N–H and O–H groups in total. The topological polar surface area (TPSA) is 15.3 Å². The highest BCUT2D eigenvalue weighted by molar-refractivity contribution is 5.23. The summed E-state index contributed by atoms with van der Waals surface area (Å²) in [5.41, 5.74) is 2.90. The fraction of sp³-hybridized carbons (Fsp3) is 0.684. The molecule has 0 amide bonds. The van der Waals surface area contributed by atoms with E-state index in [-0.39, 0.29) is 0 Å². The van der Waals surface area contributed by atoms with E-state index in [2.05, 4.69) is 62.2 Å². The van der Waals surface area contributed by atoms with Crippen molar-refractivity contribution in [1.29, 1.82) is 0 Å². The highest BCUT2D eigenvalue weighted by Crippen LogP contribution is 2.29. The Labute approximate surface area is 130 Å². The maximum atomic E-state index is 3.48. The van der Waals surface area contributed by atoms with E-state index in [1.165, 1.54) is 30.5 Å². The molecule has 2 heteroatoms. The lowest BCUT2D eigenvalue weighted by Gasteiger charge is -2.24. The molecule has 0 unspecified atom stereocenters. The Balaban J connectivity index is 1.83. The number of nitrogens with zero attached hydrogens (tertiary/aromatic N) is 1. The summed E-state index contributed by atoms with van der Waals surface area (Å²) in [4.78, 5) is 2.67. The molecule has 1 aliphatic carbocycles. The minimum Gasteiger partial charge on any atom is -0.314 e. The minimum absolute atomic E-state index is 0.576. The lowest BCUT2D eigenvalue weighted by atomic mass is 10.1. The Kier molecular flexibility index (Phi) is 6.25. The van der Waals surface area contributed by atoms with Crippen molar-refractivity contribution < 1.29 is 0 Å². The molecule has 1 aromatic carbocycles. The van der Waals surface area contributed by atoms with Gasteiger partial charge in [0.05, 0.1) is 0 Å². The molecule has 0 atom stereocenters. The van der Waals surface area contributed by atoms with Crippen LogP contribution in [0.3, 0.4) is 0 Å². The highest BCUT2D eigenvalue weighted by atomic mass is 15.2. The van der Waals surface area contributed by atoms with Crippen LogP contribution in [0.2, 0.25) is 0 Å². The van der Waals surface area contributed by atoms with Crippen LogP contribution in [-0.2, 0) is 13.0 Å². The highest BCUT2D eigenvalue weighted by Gasteiger charge is 2.29. The lowest BCUT2D eigenvalue weighted by molar-refractivity contribution is 0.226. The number of hydrogen-bond acceptors (Lipinski definition) is 2. The van der Waals surface area contributed by atoms with Crippen LogP contribution in [0.15, 0.2) is 24.3 Å². The van der Waals surface area contributed by atoms with Crippen LogP contribution in [-0.4, -0.2) is 30.1 Å². The van der Waals surface area contributed by atoms with E-state index in [0.29, 0.717) is 6.04 Å². The summed E-state index contributed by atoms with van der Waals surface area (Å²) in [5.74, 6) is 0.756. The Morgan fingerprint density at radius 2 is 1.67 bits per heavy atom. The predicted octanol–water partition coefficient (Wildman–Crippen LogP) is 3.85. The Hall–Kier alpha value is -0.860. The molecule has 0 heterocycles. The van der Waals surface area contributed by atoms with Crippen molar-refractivity contribution in [3.63, 3.8) is 0 Å². The van der Waals surface area contributed by atoms with Crippen molar-refractivity contribution in [2.45, 2.75) is 65.6 Å². The number of benzene rings is 1. The van der Waals surface area contributed by atoms with Crippen LogP contribution >= 0.6 is 0 Å². The molecule has 1 aliphatic rings. The molecule has 1 fully saturated rings. The van der Waals surface area contributed by atoms with E-state index < -0.39 is 0 Å². The van der Waals surface area contributed by atoms with Crippen molar-refractivity contribution in [2.24, 2.45) is 5.92 Å². The summed E-state index contributed by atoms with van der Waals surface area (Å²) < 4.78 is 0. The number of rotatable bonds is 9. The maximum absolute atomic E-state index is 3.48. The van der Waals surface area contributed by atoms with Gasteiger partial charge in [-0.05, 0) is 42.9 Å². The van der Waals surface area contributed by atoms with Crippen LogP contribution < -0.4 is 5.32 Å². The van der Waals surface area contributed by atoms with E-state index in [9.17, 15) is 0 Å². The SMILES string of the molecule is CC(C)CN(Cc1ccc(CCNC(C)C)cc1)C1CC1. The van der Waals surface area contributed by atoms with E-state index in [1.54, 1.807) is 0 Å². The first-order valence-electron chi connectivity index (χ1n) is 8.60. The van der Waals surface area contributed by atoms with Crippen LogP contribution in [0, 0.1) is 5.92 Å². The Morgan fingerprint density at radius 1 is 1.05 bits per heavy atom. The predicted molar refractivity (Wildman–Crippen MR) is 91.6 cm³/mol. The molecule has 2 nitrogen and oxygen atoms in total. The van der Waals surface area contributed by atoms with Crippen LogP contribution in [0.4, 0.5) is 0 Å². The first-order valence-corrected chi connectivity index (χ1v) is 8.60.